The third-order valence-corrected chi connectivity index (χ3v) is 4.51. The Balaban J connectivity index is 1.32. The third kappa shape index (κ3) is 6.23. The summed E-state index contributed by atoms with van der Waals surface area (Å²) in [7, 11) is 0. The highest BCUT2D eigenvalue weighted by molar-refractivity contribution is 5.96. The highest BCUT2D eigenvalue weighted by Crippen LogP contribution is 2.32. The van der Waals surface area contributed by atoms with Crippen molar-refractivity contribution in [1.29, 1.82) is 0 Å². The Morgan fingerprint density at radius 1 is 1.07 bits per heavy atom. The van der Waals surface area contributed by atoms with Crippen molar-refractivity contribution < 1.29 is 28.6 Å². The Morgan fingerprint density at radius 2 is 1.83 bits per heavy atom. The van der Waals surface area contributed by atoms with Gasteiger partial charge in [0, 0.05) is 11.6 Å². The Morgan fingerprint density at radius 3 is 2.63 bits per heavy atom. The molecule has 0 saturated heterocycles. The molecule has 8 heteroatoms. The van der Waals surface area contributed by atoms with Gasteiger partial charge in [0.05, 0.1) is 0 Å². The summed E-state index contributed by atoms with van der Waals surface area (Å²) in [4.78, 5) is 35.9. The molecule has 1 aliphatic heterocycles. The van der Waals surface area contributed by atoms with Gasteiger partial charge in [0.2, 0.25) is 6.79 Å². The minimum atomic E-state index is -0.698. The van der Waals surface area contributed by atoms with Crippen molar-refractivity contribution in [2.75, 3.05) is 19.9 Å². The lowest BCUT2D eigenvalue weighted by molar-refractivity contribution is -0.147. The van der Waals surface area contributed by atoms with Crippen LogP contribution in [0.1, 0.15) is 29.3 Å². The number of hydrogen-bond donors (Lipinski definition) is 2. The number of rotatable bonds is 9. The molecule has 2 N–H and O–H groups in total. The van der Waals surface area contributed by atoms with Crippen molar-refractivity contribution >= 4 is 17.8 Å². The largest absolute Gasteiger partial charge is 0.454 e. The number of nitrogens with one attached hydrogen (secondary N) is 2. The van der Waals surface area contributed by atoms with Gasteiger partial charge in [0.15, 0.2) is 18.1 Å². The van der Waals surface area contributed by atoms with Gasteiger partial charge in [0.25, 0.3) is 11.8 Å². The molecule has 158 valence electrons. The van der Waals surface area contributed by atoms with Crippen LogP contribution in [0.4, 0.5) is 0 Å². The zero-order valence-electron chi connectivity index (χ0n) is 16.7. The molecule has 1 atom stereocenters. The maximum atomic E-state index is 12.1. The fourth-order valence-electron chi connectivity index (χ4n) is 2.91. The molecule has 3 rings (SSSR count). The lowest BCUT2D eigenvalue weighted by Gasteiger charge is -2.14. The van der Waals surface area contributed by atoms with E-state index in [-0.39, 0.29) is 25.3 Å². The average Bonchev–Trinajstić information content (AvgIpc) is 3.23. The first-order chi connectivity index (χ1) is 14.5. The van der Waals surface area contributed by atoms with Crippen molar-refractivity contribution in [1.82, 2.24) is 10.6 Å². The lowest BCUT2D eigenvalue weighted by atomic mass is 10.1. The van der Waals surface area contributed by atoms with Gasteiger partial charge < -0.3 is 24.8 Å². The first-order valence-corrected chi connectivity index (χ1v) is 9.68. The summed E-state index contributed by atoms with van der Waals surface area (Å²) >= 11 is 0. The number of fused-ring (bicyclic) bond motifs is 1. The highest BCUT2D eigenvalue weighted by Gasteiger charge is 2.17. The van der Waals surface area contributed by atoms with E-state index >= 15 is 0 Å². The molecular formula is C22H24N2O6. The fraction of sp³-hybridized carbons (Fsp3) is 0.318. The van der Waals surface area contributed by atoms with Gasteiger partial charge >= 0.3 is 5.97 Å². The van der Waals surface area contributed by atoms with Gasteiger partial charge in [-0.15, -0.1) is 0 Å². The van der Waals surface area contributed by atoms with Crippen LogP contribution < -0.4 is 20.1 Å². The standard InChI is InChI=1S/C22H24N2O6/c1-15(7-8-16-5-3-2-4-6-16)24-20(25)13-28-21(26)12-23-22(27)17-9-10-18-19(11-17)30-14-29-18/h2-6,9-11,15H,7-8,12-14H2,1H3,(H,23,27)(H,24,25)/t15-/m1/s1. The minimum Gasteiger partial charge on any atom is -0.454 e. The maximum Gasteiger partial charge on any atom is 0.325 e. The van der Waals surface area contributed by atoms with E-state index in [0.717, 1.165) is 12.8 Å². The van der Waals surface area contributed by atoms with Crippen LogP contribution in [0.25, 0.3) is 0 Å². The average molecular weight is 412 g/mol. The summed E-state index contributed by atoms with van der Waals surface area (Å²) in [5.41, 5.74) is 1.53. The molecule has 1 heterocycles. The van der Waals surface area contributed by atoms with Gasteiger partial charge in [-0.25, -0.2) is 0 Å². The quantitative estimate of drug-likeness (QED) is 0.609. The van der Waals surface area contributed by atoms with Gasteiger partial charge in [-0.05, 0) is 43.5 Å². The molecule has 0 unspecified atom stereocenters. The zero-order valence-corrected chi connectivity index (χ0v) is 16.7. The van der Waals surface area contributed by atoms with Crippen molar-refractivity contribution in [3.8, 4) is 11.5 Å². The van der Waals surface area contributed by atoms with Crippen LogP contribution >= 0.6 is 0 Å². The number of benzene rings is 2. The van der Waals surface area contributed by atoms with Crippen LogP contribution in [-0.4, -0.2) is 43.8 Å². The predicted molar refractivity (Wildman–Crippen MR) is 108 cm³/mol. The van der Waals surface area contributed by atoms with Crippen molar-refractivity contribution in [3.63, 3.8) is 0 Å². The maximum absolute atomic E-state index is 12.1. The van der Waals surface area contributed by atoms with Crippen molar-refractivity contribution in [2.24, 2.45) is 0 Å². The van der Waals surface area contributed by atoms with E-state index in [4.69, 9.17) is 14.2 Å². The number of aryl methyl sites for hydroxylation is 1. The Labute approximate surface area is 174 Å². The third-order valence-electron chi connectivity index (χ3n) is 4.51. The summed E-state index contributed by atoms with van der Waals surface area (Å²) in [6.07, 6.45) is 1.61. The molecule has 0 aliphatic carbocycles. The Kier molecular flexibility index (Phi) is 7.26. The number of hydrogen-bond acceptors (Lipinski definition) is 6. The van der Waals surface area contributed by atoms with E-state index in [1.54, 1.807) is 12.1 Å². The number of ether oxygens (including phenoxy) is 3. The molecule has 2 amide bonds. The topological polar surface area (TPSA) is 103 Å². The molecule has 0 bridgehead atoms. The molecule has 30 heavy (non-hydrogen) atoms. The molecule has 0 fully saturated rings. The van der Waals surface area contributed by atoms with E-state index in [1.165, 1.54) is 11.6 Å². The normalized spacial score (nSPS) is 12.7. The molecule has 2 aromatic rings. The molecule has 0 spiro atoms. The number of carbonyl (C=O) groups excluding carboxylic acids is 3. The van der Waals surface area contributed by atoms with E-state index in [0.29, 0.717) is 17.1 Å². The molecule has 0 radical (unpaired) electrons. The van der Waals surface area contributed by atoms with Gasteiger partial charge in [0.1, 0.15) is 6.54 Å². The summed E-state index contributed by atoms with van der Waals surface area (Å²) in [5.74, 6) is -0.496. The van der Waals surface area contributed by atoms with E-state index in [1.807, 2.05) is 37.3 Å². The molecule has 0 saturated carbocycles. The van der Waals surface area contributed by atoms with Crippen LogP contribution in [0.5, 0.6) is 11.5 Å². The van der Waals surface area contributed by atoms with Gasteiger partial charge in [-0.2, -0.15) is 0 Å². The number of carbonyl (C=O) groups is 3. The summed E-state index contributed by atoms with van der Waals surface area (Å²) in [6, 6.07) is 14.7. The first kappa shape index (κ1) is 21.2. The second kappa shape index (κ2) is 10.3. The van der Waals surface area contributed by atoms with Gasteiger partial charge in [-0.1, -0.05) is 30.3 Å². The van der Waals surface area contributed by atoms with Crippen molar-refractivity contribution in [2.45, 2.75) is 25.8 Å². The van der Waals surface area contributed by atoms with Crippen LogP contribution in [0.3, 0.4) is 0 Å². The number of esters is 1. The van der Waals surface area contributed by atoms with Crippen LogP contribution in [0, 0.1) is 0 Å². The van der Waals surface area contributed by atoms with Crippen LogP contribution in [-0.2, 0) is 20.7 Å². The van der Waals surface area contributed by atoms with Crippen LogP contribution in [0.15, 0.2) is 48.5 Å². The van der Waals surface area contributed by atoms with E-state index < -0.39 is 18.5 Å². The highest BCUT2D eigenvalue weighted by atomic mass is 16.7. The Hall–Kier alpha value is -3.55. The molecule has 0 aromatic heterocycles. The zero-order chi connectivity index (χ0) is 21.3. The SMILES string of the molecule is C[C@H](CCc1ccccc1)NC(=O)COC(=O)CNC(=O)c1ccc2c(c1)OCO2. The molecular weight excluding hydrogens is 388 g/mol. The van der Waals surface area contributed by atoms with E-state index in [2.05, 4.69) is 10.6 Å². The van der Waals surface area contributed by atoms with Crippen LogP contribution in [0.2, 0.25) is 0 Å². The van der Waals surface area contributed by atoms with Crippen molar-refractivity contribution in [3.05, 3.63) is 59.7 Å². The molecule has 8 nitrogen and oxygen atoms in total. The monoisotopic (exact) mass is 412 g/mol. The fourth-order valence-corrected chi connectivity index (χ4v) is 2.91. The van der Waals surface area contributed by atoms with E-state index in [9.17, 15) is 14.4 Å². The Bertz CT molecular complexity index is 900. The first-order valence-electron chi connectivity index (χ1n) is 9.68. The second-order valence-corrected chi connectivity index (χ2v) is 6.90. The van der Waals surface area contributed by atoms with Gasteiger partial charge in [-0.3, -0.25) is 14.4 Å². The minimum absolute atomic E-state index is 0.0536. The predicted octanol–water partition coefficient (Wildman–Crippen LogP) is 1.83. The lowest BCUT2D eigenvalue weighted by Crippen LogP contribution is -2.37. The molecule has 1 aliphatic rings. The second-order valence-electron chi connectivity index (χ2n) is 6.90. The molecule has 2 aromatic carbocycles. The summed E-state index contributed by atoms with van der Waals surface area (Å²) < 4.78 is 15.3. The summed E-state index contributed by atoms with van der Waals surface area (Å²) in [6.45, 7) is 1.27. The number of amides is 2. The summed E-state index contributed by atoms with van der Waals surface area (Å²) in [5, 5.41) is 5.24. The smallest absolute Gasteiger partial charge is 0.325 e.